The van der Waals surface area contributed by atoms with Crippen LogP contribution in [0.5, 0.6) is 0 Å². The fraction of sp³-hybridized carbons (Fsp3) is 0.308. The van der Waals surface area contributed by atoms with Crippen LogP contribution in [0, 0.1) is 0 Å². The number of carbonyl (C=O) groups is 3. The zero-order chi connectivity index (χ0) is 15.1. The maximum atomic E-state index is 11.6. The fourth-order valence-electron chi connectivity index (χ4n) is 1.69. The predicted octanol–water partition coefficient (Wildman–Crippen LogP) is 1.13. The molecule has 6 nitrogen and oxygen atoms in total. The van der Waals surface area contributed by atoms with Gasteiger partial charge in [-0.1, -0.05) is 11.6 Å². The van der Waals surface area contributed by atoms with E-state index in [1.54, 1.807) is 18.2 Å². The van der Waals surface area contributed by atoms with E-state index in [-0.39, 0.29) is 12.3 Å². The van der Waals surface area contributed by atoms with Crippen molar-refractivity contribution in [2.75, 3.05) is 12.4 Å². The highest BCUT2D eigenvalue weighted by molar-refractivity contribution is 6.31. The number of rotatable bonds is 6. The monoisotopic (exact) mass is 298 g/mol. The largest absolute Gasteiger partial charge is 0.467 e. The first-order chi connectivity index (χ1) is 9.47. The lowest BCUT2D eigenvalue weighted by Gasteiger charge is -2.16. The molecule has 1 aromatic carbocycles. The molecule has 0 bridgehead atoms. The van der Waals surface area contributed by atoms with Gasteiger partial charge in [-0.25, -0.2) is 4.79 Å². The number of ether oxygens (including phenoxy) is 1. The molecule has 108 valence electrons. The summed E-state index contributed by atoms with van der Waals surface area (Å²) in [5.41, 5.74) is 1.16. The molecule has 2 N–H and O–H groups in total. The predicted molar refractivity (Wildman–Crippen MR) is 74.5 cm³/mol. The Labute approximate surface area is 121 Å². The van der Waals surface area contributed by atoms with Gasteiger partial charge >= 0.3 is 5.97 Å². The highest BCUT2D eigenvalue weighted by Gasteiger charge is 2.21. The first-order valence-electron chi connectivity index (χ1n) is 5.81. The summed E-state index contributed by atoms with van der Waals surface area (Å²) in [5, 5.41) is 5.42. The molecular formula is C13H15ClN2O4. The molecule has 1 unspecified atom stereocenters. The van der Waals surface area contributed by atoms with Crippen molar-refractivity contribution in [3.8, 4) is 0 Å². The molecule has 0 saturated heterocycles. The van der Waals surface area contributed by atoms with Gasteiger partial charge in [0.15, 0.2) is 0 Å². The second kappa shape index (κ2) is 7.49. The summed E-state index contributed by atoms with van der Waals surface area (Å²) in [4.78, 5) is 33.1. The molecule has 0 saturated carbocycles. The summed E-state index contributed by atoms with van der Waals surface area (Å²) in [7, 11) is 1.24. The Balaban J connectivity index is 2.96. The smallest absolute Gasteiger partial charge is 0.328 e. The maximum Gasteiger partial charge on any atom is 0.328 e. The molecule has 0 heterocycles. The Bertz CT molecular complexity index is 519. The van der Waals surface area contributed by atoms with Gasteiger partial charge in [-0.05, 0) is 23.8 Å². The van der Waals surface area contributed by atoms with E-state index in [0.717, 1.165) is 0 Å². The van der Waals surface area contributed by atoms with Gasteiger partial charge in [0, 0.05) is 24.1 Å². The van der Waals surface area contributed by atoms with Crippen molar-refractivity contribution in [1.82, 2.24) is 5.32 Å². The van der Waals surface area contributed by atoms with Crippen LogP contribution in [0.3, 0.4) is 0 Å². The van der Waals surface area contributed by atoms with Crippen molar-refractivity contribution < 1.29 is 19.1 Å². The van der Waals surface area contributed by atoms with E-state index >= 15 is 0 Å². The molecule has 2 amide bonds. The lowest BCUT2D eigenvalue weighted by molar-refractivity contribution is -0.144. The van der Waals surface area contributed by atoms with Gasteiger partial charge in [0.05, 0.1) is 7.11 Å². The highest BCUT2D eigenvalue weighted by atomic mass is 35.5. The molecule has 7 heteroatoms. The summed E-state index contributed by atoms with van der Waals surface area (Å²) in [6.07, 6.45) is 0.706. The van der Waals surface area contributed by atoms with E-state index in [9.17, 15) is 14.4 Å². The van der Waals surface area contributed by atoms with Gasteiger partial charge in [-0.2, -0.15) is 0 Å². The lowest BCUT2D eigenvalue weighted by Crippen LogP contribution is -2.42. The van der Waals surface area contributed by atoms with E-state index in [2.05, 4.69) is 15.4 Å². The third-order valence-corrected chi connectivity index (χ3v) is 2.93. The molecule has 0 aliphatic carbocycles. The second-order valence-corrected chi connectivity index (χ2v) is 4.46. The topological polar surface area (TPSA) is 84.5 Å². The summed E-state index contributed by atoms with van der Waals surface area (Å²) < 4.78 is 4.63. The van der Waals surface area contributed by atoms with Crippen molar-refractivity contribution in [3.05, 3.63) is 28.8 Å². The first-order valence-corrected chi connectivity index (χ1v) is 6.19. The van der Waals surface area contributed by atoms with Crippen molar-refractivity contribution in [2.24, 2.45) is 0 Å². The van der Waals surface area contributed by atoms with Crippen LogP contribution < -0.4 is 10.6 Å². The summed E-state index contributed by atoms with van der Waals surface area (Å²) >= 11 is 6.04. The number of hydrogen-bond donors (Lipinski definition) is 2. The fourth-order valence-corrected chi connectivity index (χ4v) is 1.88. The van der Waals surface area contributed by atoms with E-state index in [1.807, 2.05) is 0 Å². The third-order valence-electron chi connectivity index (χ3n) is 2.56. The minimum atomic E-state index is -0.832. The number of nitrogens with one attached hydrogen (secondary N) is 2. The van der Waals surface area contributed by atoms with Gasteiger partial charge in [-0.3, -0.25) is 9.59 Å². The molecule has 1 atom stereocenters. The average molecular weight is 299 g/mol. The van der Waals surface area contributed by atoms with Crippen molar-refractivity contribution in [1.29, 1.82) is 0 Å². The number of amides is 2. The maximum absolute atomic E-state index is 11.6. The van der Waals surface area contributed by atoms with Crippen LogP contribution in [-0.2, 0) is 25.5 Å². The minimum Gasteiger partial charge on any atom is -0.467 e. The number of esters is 1. The summed E-state index contributed by atoms with van der Waals surface area (Å²) in [6, 6.07) is 4.03. The lowest BCUT2D eigenvalue weighted by atomic mass is 10.0. The molecule has 1 rings (SSSR count). The number of benzene rings is 1. The Morgan fingerprint density at radius 3 is 2.70 bits per heavy atom. The third kappa shape index (κ3) is 4.55. The Hall–Kier alpha value is -2.08. The van der Waals surface area contributed by atoms with Gasteiger partial charge in [-0.15, -0.1) is 0 Å². The number of halogens is 1. The van der Waals surface area contributed by atoms with Crippen LogP contribution in [0.25, 0.3) is 0 Å². The molecule has 0 fully saturated rings. The summed E-state index contributed by atoms with van der Waals surface area (Å²) in [6.45, 7) is 1.31. The Morgan fingerprint density at radius 2 is 2.15 bits per heavy atom. The van der Waals surface area contributed by atoms with Crippen LogP contribution in [0.15, 0.2) is 18.2 Å². The number of anilines is 1. The molecule has 0 spiro atoms. The highest BCUT2D eigenvalue weighted by Crippen LogP contribution is 2.22. The number of hydrogen-bond acceptors (Lipinski definition) is 4. The SMILES string of the molecule is COC(=O)C(Cc1cc(NC=O)ccc1Cl)NC(C)=O. The minimum absolute atomic E-state index is 0.166. The van der Waals surface area contributed by atoms with Crippen LogP contribution in [0.1, 0.15) is 12.5 Å². The Kier molecular flexibility index (Phi) is 5.99. The molecular weight excluding hydrogens is 284 g/mol. The van der Waals surface area contributed by atoms with Crippen molar-refractivity contribution in [2.45, 2.75) is 19.4 Å². The zero-order valence-electron chi connectivity index (χ0n) is 11.1. The first kappa shape index (κ1) is 16.0. The van der Waals surface area contributed by atoms with Crippen LogP contribution in [-0.4, -0.2) is 31.4 Å². The molecule has 0 aliphatic heterocycles. The van der Waals surface area contributed by atoms with Gasteiger partial charge < -0.3 is 15.4 Å². The molecule has 0 aliphatic rings. The second-order valence-electron chi connectivity index (χ2n) is 4.05. The van der Waals surface area contributed by atoms with Crippen LogP contribution in [0.4, 0.5) is 5.69 Å². The molecule has 0 aromatic heterocycles. The Morgan fingerprint density at radius 1 is 1.45 bits per heavy atom. The van der Waals surface area contributed by atoms with Crippen molar-refractivity contribution in [3.63, 3.8) is 0 Å². The summed E-state index contributed by atoms with van der Waals surface area (Å²) in [5.74, 6) is -0.913. The normalized spacial score (nSPS) is 11.3. The van der Waals surface area contributed by atoms with E-state index < -0.39 is 12.0 Å². The average Bonchev–Trinajstić information content (AvgIpc) is 2.40. The van der Waals surface area contributed by atoms with E-state index in [4.69, 9.17) is 11.6 Å². The molecule has 20 heavy (non-hydrogen) atoms. The van der Waals surface area contributed by atoms with Gasteiger partial charge in [0.25, 0.3) is 0 Å². The standard InChI is InChI=1S/C13H15ClN2O4/c1-8(18)16-12(13(19)20-2)6-9-5-10(15-7-17)3-4-11(9)14/h3-5,7,12H,6H2,1-2H3,(H,15,17)(H,16,18). The molecule has 0 radical (unpaired) electrons. The van der Waals surface area contributed by atoms with E-state index in [0.29, 0.717) is 22.7 Å². The van der Waals surface area contributed by atoms with E-state index in [1.165, 1.54) is 14.0 Å². The number of carbonyl (C=O) groups excluding carboxylic acids is 3. The van der Waals surface area contributed by atoms with Gasteiger partial charge in [0.1, 0.15) is 6.04 Å². The molecule has 1 aromatic rings. The van der Waals surface area contributed by atoms with Crippen LogP contribution >= 0.6 is 11.6 Å². The van der Waals surface area contributed by atoms with Crippen LogP contribution in [0.2, 0.25) is 5.02 Å². The van der Waals surface area contributed by atoms with Gasteiger partial charge in [0.2, 0.25) is 12.3 Å². The zero-order valence-corrected chi connectivity index (χ0v) is 11.9. The number of methoxy groups -OCH3 is 1. The van der Waals surface area contributed by atoms with Crippen molar-refractivity contribution >= 4 is 35.6 Å². The quantitative estimate of drug-likeness (QED) is 0.609.